The molecule has 2 amide bonds. The van der Waals surface area contributed by atoms with Crippen molar-refractivity contribution >= 4 is 23.2 Å². The van der Waals surface area contributed by atoms with E-state index in [1.54, 1.807) is 79.4 Å². The monoisotopic (exact) mass is 645 g/mol. The van der Waals surface area contributed by atoms with Crippen LogP contribution in [0.1, 0.15) is 66.5 Å². The van der Waals surface area contributed by atoms with E-state index in [9.17, 15) is 22.8 Å². The number of alkyl halides is 3. The first-order chi connectivity index (χ1) is 21.1. The summed E-state index contributed by atoms with van der Waals surface area (Å²) >= 11 is 0. The summed E-state index contributed by atoms with van der Waals surface area (Å²) in [5, 5.41) is 0. The molecule has 1 atom stereocenters. The van der Waals surface area contributed by atoms with Gasteiger partial charge in [-0.05, 0) is 84.7 Å². The minimum atomic E-state index is -4.85. The number of carbonyl (C=O) groups excluding carboxylic acids is 2. The summed E-state index contributed by atoms with van der Waals surface area (Å²) in [6.07, 6.45) is -5.70. The van der Waals surface area contributed by atoms with Gasteiger partial charge in [-0.1, -0.05) is 24.0 Å². The zero-order valence-corrected chi connectivity index (χ0v) is 27.3. The van der Waals surface area contributed by atoms with E-state index in [1.165, 1.54) is 24.3 Å². The first-order valence-electron chi connectivity index (χ1n) is 14.5. The molecule has 0 unspecified atom stereocenters. The maximum absolute atomic E-state index is 13.4. The van der Waals surface area contributed by atoms with Crippen molar-refractivity contribution in [3.63, 3.8) is 0 Å². The molecule has 0 aliphatic carbocycles. The van der Waals surface area contributed by atoms with Crippen molar-refractivity contribution in [1.29, 1.82) is 0 Å². The van der Waals surface area contributed by atoms with Crippen LogP contribution in [-0.2, 0) is 32.5 Å². The van der Waals surface area contributed by atoms with Crippen molar-refractivity contribution in [2.24, 2.45) is 7.05 Å². The van der Waals surface area contributed by atoms with Crippen molar-refractivity contribution in [2.75, 3.05) is 6.61 Å². The first-order valence-corrected chi connectivity index (χ1v) is 14.5. The Morgan fingerprint density at radius 3 is 2.13 bits per heavy atom. The summed E-state index contributed by atoms with van der Waals surface area (Å²) in [5.41, 5.74) is 1.09. The van der Waals surface area contributed by atoms with Gasteiger partial charge in [-0.2, -0.15) is 0 Å². The van der Waals surface area contributed by atoms with Gasteiger partial charge in [-0.3, -0.25) is 0 Å². The van der Waals surface area contributed by atoms with Crippen LogP contribution in [0.15, 0.2) is 36.7 Å². The highest BCUT2D eigenvalue weighted by Crippen LogP contribution is 2.35. The van der Waals surface area contributed by atoms with Crippen molar-refractivity contribution in [1.82, 2.24) is 14.5 Å². The number of carbonyl (C=O) groups is 2. The van der Waals surface area contributed by atoms with Crippen LogP contribution in [0, 0.1) is 11.8 Å². The molecule has 1 saturated heterocycles. The second kappa shape index (κ2) is 12.5. The molecule has 2 aromatic carbocycles. The van der Waals surface area contributed by atoms with Gasteiger partial charge >= 0.3 is 18.5 Å². The Kier molecular flexibility index (Phi) is 9.39. The average molecular weight is 646 g/mol. The Labute approximate surface area is 265 Å². The SMILES string of the molecule is Cn1cnc2c(-c3ccc(OC(F)(F)F)cc3)cc(CN(C(=O)OC(C)(C)C)C(=O)OC(C)(C)C)c(C#C[C@H]3COC(C)(C)O3)c21. The number of nitrogens with zero attached hydrogens (tertiary/aromatic N) is 3. The highest BCUT2D eigenvalue weighted by atomic mass is 19.4. The second-order valence-electron chi connectivity index (χ2n) is 13.2. The van der Waals surface area contributed by atoms with Gasteiger partial charge in [0.2, 0.25) is 0 Å². The molecule has 0 radical (unpaired) electrons. The molecular formula is C33H38F3N3O7. The van der Waals surface area contributed by atoms with Gasteiger partial charge in [0.05, 0.1) is 36.1 Å². The lowest BCUT2D eigenvalue weighted by Crippen LogP contribution is -2.43. The molecule has 1 aliphatic heterocycles. The molecule has 46 heavy (non-hydrogen) atoms. The normalized spacial score (nSPS) is 16.5. The number of benzene rings is 2. The van der Waals surface area contributed by atoms with Gasteiger partial charge in [0.15, 0.2) is 5.79 Å². The third-order valence-electron chi connectivity index (χ3n) is 6.39. The van der Waals surface area contributed by atoms with Gasteiger partial charge in [0, 0.05) is 12.6 Å². The lowest BCUT2D eigenvalue weighted by Gasteiger charge is -2.29. The largest absolute Gasteiger partial charge is 0.573 e. The summed E-state index contributed by atoms with van der Waals surface area (Å²) in [4.78, 5) is 32.3. The van der Waals surface area contributed by atoms with E-state index >= 15 is 0 Å². The highest BCUT2D eigenvalue weighted by molar-refractivity contribution is 5.97. The van der Waals surface area contributed by atoms with Gasteiger partial charge in [0.1, 0.15) is 23.1 Å². The third kappa shape index (κ3) is 8.92. The number of halogens is 3. The maximum Gasteiger partial charge on any atom is 0.573 e. The van der Waals surface area contributed by atoms with Crippen LogP contribution in [0.3, 0.4) is 0 Å². The van der Waals surface area contributed by atoms with Crippen molar-refractivity contribution < 1.29 is 46.4 Å². The zero-order chi connectivity index (χ0) is 34.2. The molecule has 0 spiro atoms. The van der Waals surface area contributed by atoms with E-state index in [-0.39, 0.29) is 18.9 Å². The Balaban J connectivity index is 1.90. The van der Waals surface area contributed by atoms with Gasteiger partial charge in [-0.15, -0.1) is 13.2 Å². The topological polar surface area (TPSA) is 101 Å². The summed E-state index contributed by atoms with van der Waals surface area (Å²) in [5.74, 6) is 5.04. The minimum Gasteiger partial charge on any atom is -0.443 e. The molecule has 1 aliphatic rings. The number of rotatable bonds is 4. The Bertz CT molecular complexity index is 1640. The number of amides is 2. The second-order valence-corrected chi connectivity index (χ2v) is 13.2. The van der Waals surface area contributed by atoms with E-state index in [0.717, 1.165) is 4.90 Å². The molecule has 0 saturated carbocycles. The number of hydrogen-bond acceptors (Lipinski definition) is 8. The average Bonchev–Trinajstić information content (AvgIpc) is 3.44. The van der Waals surface area contributed by atoms with E-state index in [2.05, 4.69) is 21.6 Å². The quantitative estimate of drug-likeness (QED) is 0.272. The van der Waals surface area contributed by atoms with Gasteiger partial charge < -0.3 is 28.3 Å². The molecule has 3 aromatic rings. The highest BCUT2D eigenvalue weighted by Gasteiger charge is 2.34. The fourth-order valence-corrected chi connectivity index (χ4v) is 4.63. The minimum absolute atomic E-state index is 0.232. The molecule has 0 N–H and O–H groups in total. The predicted octanol–water partition coefficient (Wildman–Crippen LogP) is 7.31. The first kappa shape index (κ1) is 34.6. The molecule has 4 rings (SSSR count). The van der Waals surface area contributed by atoms with Crippen LogP contribution in [0.4, 0.5) is 22.8 Å². The molecule has 2 heterocycles. The summed E-state index contributed by atoms with van der Waals surface area (Å²) in [6.45, 7) is 13.5. The molecule has 10 nitrogen and oxygen atoms in total. The van der Waals surface area contributed by atoms with E-state index in [0.29, 0.717) is 33.3 Å². The van der Waals surface area contributed by atoms with Crippen molar-refractivity contribution in [2.45, 2.75) is 91.4 Å². The summed E-state index contributed by atoms with van der Waals surface area (Å²) in [6, 6.07) is 7.00. The van der Waals surface area contributed by atoms with Crippen molar-refractivity contribution in [3.8, 4) is 28.7 Å². The number of ether oxygens (including phenoxy) is 5. The van der Waals surface area contributed by atoms with Crippen LogP contribution in [0.2, 0.25) is 0 Å². The zero-order valence-electron chi connectivity index (χ0n) is 27.3. The van der Waals surface area contributed by atoms with E-state index in [4.69, 9.17) is 18.9 Å². The number of aromatic nitrogens is 2. The fraction of sp³-hybridized carbons (Fsp3) is 0.485. The van der Waals surface area contributed by atoms with Crippen LogP contribution < -0.4 is 4.74 Å². The van der Waals surface area contributed by atoms with Crippen LogP contribution in [-0.4, -0.2) is 62.7 Å². The smallest absolute Gasteiger partial charge is 0.443 e. The number of fused-ring (bicyclic) bond motifs is 1. The molecule has 13 heteroatoms. The lowest BCUT2D eigenvalue weighted by atomic mass is 9.96. The third-order valence-corrected chi connectivity index (χ3v) is 6.39. The van der Waals surface area contributed by atoms with Crippen LogP contribution >= 0.6 is 0 Å². The molecule has 248 valence electrons. The maximum atomic E-state index is 13.4. The fourth-order valence-electron chi connectivity index (χ4n) is 4.63. The number of imide groups is 1. The van der Waals surface area contributed by atoms with Crippen molar-refractivity contribution in [3.05, 3.63) is 47.8 Å². The van der Waals surface area contributed by atoms with E-state index < -0.39 is 41.6 Å². The Morgan fingerprint density at radius 1 is 1.04 bits per heavy atom. The Morgan fingerprint density at radius 2 is 1.63 bits per heavy atom. The van der Waals surface area contributed by atoms with Crippen LogP contribution in [0.5, 0.6) is 5.75 Å². The predicted molar refractivity (Wildman–Crippen MR) is 163 cm³/mol. The molecule has 0 bridgehead atoms. The number of aryl methyl sites for hydroxylation is 1. The summed E-state index contributed by atoms with van der Waals surface area (Å²) < 4.78 is 66.9. The lowest BCUT2D eigenvalue weighted by molar-refractivity contribution is -0.274. The molecule has 1 fully saturated rings. The molecular weight excluding hydrogens is 607 g/mol. The Hall–Kier alpha value is -4.28. The van der Waals surface area contributed by atoms with Gasteiger partial charge in [0.25, 0.3) is 0 Å². The number of hydrogen-bond donors (Lipinski definition) is 0. The molecule has 1 aromatic heterocycles. The summed E-state index contributed by atoms with van der Waals surface area (Å²) in [7, 11) is 1.76. The number of imidazole rings is 1. The standard InChI is InChI=1S/C33H38F3N3O7/c1-30(2,3)45-28(40)39(29(41)46-31(4,5)6)17-21-16-25(20-10-12-22(13-11-20)44-33(34,35)36)26-27(38(9)19-37-26)24(21)15-14-23-18-42-32(7,8)43-23/h10-13,16,19,23H,17-18H2,1-9H3/t23-/m0/s1. The van der Waals surface area contributed by atoms with Crippen LogP contribution in [0.25, 0.3) is 22.2 Å². The van der Waals surface area contributed by atoms with Gasteiger partial charge in [-0.25, -0.2) is 19.5 Å². The van der Waals surface area contributed by atoms with E-state index in [1.807, 2.05) is 0 Å².